The maximum atomic E-state index is 11.1. The Labute approximate surface area is 132 Å². The van der Waals surface area contributed by atoms with Crippen LogP contribution < -0.4 is 5.32 Å². The molecule has 1 atom stereocenters. The van der Waals surface area contributed by atoms with Crippen molar-refractivity contribution in [2.75, 3.05) is 0 Å². The van der Waals surface area contributed by atoms with E-state index in [1.165, 1.54) is 22.3 Å². The summed E-state index contributed by atoms with van der Waals surface area (Å²) in [4.78, 5) is 11.1. The summed E-state index contributed by atoms with van der Waals surface area (Å²) in [6.07, 6.45) is 0.853. The first kappa shape index (κ1) is 16.2. The molecule has 0 saturated heterocycles. The van der Waals surface area contributed by atoms with Gasteiger partial charge in [-0.25, -0.2) is 0 Å². The molecule has 0 spiro atoms. The molecule has 2 rings (SSSR count). The summed E-state index contributed by atoms with van der Waals surface area (Å²) in [6, 6.07) is 16.3. The smallest absolute Gasteiger partial charge is 0.304 e. The molecule has 0 saturated carbocycles. The van der Waals surface area contributed by atoms with Gasteiger partial charge in [-0.3, -0.25) is 4.79 Å². The molecule has 0 bridgehead atoms. The van der Waals surface area contributed by atoms with Crippen molar-refractivity contribution in [2.45, 2.75) is 39.3 Å². The molecular formula is C19H23NO2. The van der Waals surface area contributed by atoms with E-state index in [1.807, 2.05) is 30.3 Å². The zero-order valence-electron chi connectivity index (χ0n) is 13.2. The van der Waals surface area contributed by atoms with Gasteiger partial charge in [0.05, 0.1) is 6.42 Å². The van der Waals surface area contributed by atoms with E-state index in [0.717, 1.165) is 6.42 Å². The van der Waals surface area contributed by atoms with E-state index < -0.39 is 5.97 Å². The molecule has 0 fully saturated rings. The number of nitrogens with one attached hydrogen (secondary N) is 1. The predicted octanol–water partition coefficient (Wildman–Crippen LogP) is 3.48. The Bertz CT molecular complexity index is 623. The van der Waals surface area contributed by atoms with Crippen molar-refractivity contribution >= 4 is 5.97 Å². The van der Waals surface area contributed by atoms with Gasteiger partial charge >= 0.3 is 5.97 Å². The minimum atomic E-state index is -0.768. The van der Waals surface area contributed by atoms with Gasteiger partial charge < -0.3 is 10.4 Å². The number of hydrogen-bond acceptors (Lipinski definition) is 2. The van der Waals surface area contributed by atoms with Crippen molar-refractivity contribution in [2.24, 2.45) is 0 Å². The summed E-state index contributed by atoms with van der Waals surface area (Å²) >= 11 is 0. The van der Waals surface area contributed by atoms with E-state index in [2.05, 4.69) is 37.4 Å². The molecule has 0 aliphatic rings. The van der Waals surface area contributed by atoms with Crippen LogP contribution in [0.25, 0.3) is 0 Å². The molecule has 0 aromatic heterocycles. The Morgan fingerprint density at radius 2 is 1.86 bits per heavy atom. The molecule has 1 unspecified atom stereocenters. The number of carboxylic acids is 1. The molecule has 22 heavy (non-hydrogen) atoms. The van der Waals surface area contributed by atoms with Gasteiger partial charge in [0.25, 0.3) is 0 Å². The summed E-state index contributed by atoms with van der Waals surface area (Å²) in [6.45, 7) is 4.83. The highest BCUT2D eigenvalue weighted by molar-refractivity contribution is 5.67. The van der Waals surface area contributed by atoms with Crippen LogP contribution in [0, 0.1) is 13.8 Å². The van der Waals surface area contributed by atoms with Crippen LogP contribution in [0.15, 0.2) is 48.5 Å². The van der Waals surface area contributed by atoms with Crippen LogP contribution in [0.1, 0.15) is 28.7 Å². The molecule has 2 N–H and O–H groups in total. The number of hydrogen-bond donors (Lipinski definition) is 2. The SMILES string of the molecule is Cc1ccc(CC(CC(=O)O)NCc2ccccc2)c(C)c1. The van der Waals surface area contributed by atoms with Gasteiger partial charge in [-0.2, -0.15) is 0 Å². The second-order valence-corrected chi connectivity index (χ2v) is 5.80. The average Bonchev–Trinajstić information content (AvgIpc) is 2.48. The number of carbonyl (C=O) groups is 1. The highest BCUT2D eigenvalue weighted by Gasteiger charge is 2.14. The molecule has 3 heteroatoms. The van der Waals surface area contributed by atoms with Gasteiger partial charge in [0.1, 0.15) is 0 Å². The third-order valence-electron chi connectivity index (χ3n) is 3.82. The summed E-state index contributed by atoms with van der Waals surface area (Å²) in [5, 5.41) is 12.5. The van der Waals surface area contributed by atoms with Gasteiger partial charge in [0.2, 0.25) is 0 Å². The van der Waals surface area contributed by atoms with Crippen LogP contribution in [-0.4, -0.2) is 17.1 Å². The number of carboxylic acid groups (broad SMARTS) is 1. The summed E-state index contributed by atoms with van der Waals surface area (Å²) in [5.41, 5.74) is 4.82. The van der Waals surface area contributed by atoms with Crippen LogP contribution in [-0.2, 0) is 17.8 Å². The Kier molecular flexibility index (Phi) is 5.73. The quantitative estimate of drug-likeness (QED) is 0.822. The summed E-state index contributed by atoms with van der Waals surface area (Å²) in [5.74, 6) is -0.768. The minimum Gasteiger partial charge on any atom is -0.481 e. The van der Waals surface area contributed by atoms with Gasteiger partial charge in [-0.1, -0.05) is 54.1 Å². The Hall–Kier alpha value is -2.13. The molecule has 0 aliphatic carbocycles. The monoisotopic (exact) mass is 297 g/mol. The minimum absolute atomic E-state index is 0.0703. The van der Waals surface area contributed by atoms with Crippen molar-refractivity contribution in [3.05, 3.63) is 70.8 Å². The normalized spacial score (nSPS) is 12.1. The lowest BCUT2D eigenvalue weighted by Gasteiger charge is -2.18. The highest BCUT2D eigenvalue weighted by Crippen LogP contribution is 2.14. The molecule has 2 aromatic carbocycles. The second-order valence-electron chi connectivity index (χ2n) is 5.80. The lowest BCUT2D eigenvalue weighted by molar-refractivity contribution is -0.137. The van der Waals surface area contributed by atoms with E-state index in [0.29, 0.717) is 6.54 Å². The Morgan fingerprint density at radius 1 is 1.14 bits per heavy atom. The molecule has 0 aliphatic heterocycles. The zero-order valence-corrected chi connectivity index (χ0v) is 13.2. The van der Waals surface area contributed by atoms with E-state index >= 15 is 0 Å². The first-order chi connectivity index (χ1) is 10.5. The first-order valence-corrected chi connectivity index (χ1v) is 7.60. The summed E-state index contributed by atoms with van der Waals surface area (Å²) in [7, 11) is 0. The number of aliphatic carboxylic acids is 1. The van der Waals surface area contributed by atoms with Crippen molar-refractivity contribution in [3.8, 4) is 0 Å². The first-order valence-electron chi connectivity index (χ1n) is 7.60. The van der Waals surface area contributed by atoms with Crippen LogP contribution in [0.4, 0.5) is 0 Å². The molecule has 2 aromatic rings. The standard InChI is InChI=1S/C19H23NO2/c1-14-8-9-17(15(2)10-14)11-18(12-19(21)22)20-13-16-6-4-3-5-7-16/h3-10,18,20H,11-13H2,1-2H3,(H,21,22). The lowest BCUT2D eigenvalue weighted by atomic mass is 9.97. The van der Waals surface area contributed by atoms with E-state index in [-0.39, 0.29) is 12.5 Å². The van der Waals surface area contributed by atoms with Crippen molar-refractivity contribution < 1.29 is 9.90 Å². The number of aryl methyl sites for hydroxylation is 2. The highest BCUT2D eigenvalue weighted by atomic mass is 16.4. The Balaban J connectivity index is 2.04. The van der Waals surface area contributed by atoms with Gasteiger partial charge in [-0.15, -0.1) is 0 Å². The van der Waals surface area contributed by atoms with Crippen LogP contribution >= 0.6 is 0 Å². The van der Waals surface area contributed by atoms with Gasteiger partial charge in [0.15, 0.2) is 0 Å². The number of benzene rings is 2. The van der Waals surface area contributed by atoms with E-state index in [1.54, 1.807) is 0 Å². The second kappa shape index (κ2) is 7.76. The van der Waals surface area contributed by atoms with Crippen LogP contribution in [0.2, 0.25) is 0 Å². The summed E-state index contributed by atoms with van der Waals surface area (Å²) < 4.78 is 0. The fourth-order valence-electron chi connectivity index (χ4n) is 2.63. The lowest BCUT2D eigenvalue weighted by Crippen LogP contribution is -2.33. The molecule has 0 heterocycles. The topological polar surface area (TPSA) is 49.3 Å². The maximum Gasteiger partial charge on any atom is 0.304 e. The van der Waals surface area contributed by atoms with Crippen LogP contribution in [0.3, 0.4) is 0 Å². The fourth-order valence-corrected chi connectivity index (χ4v) is 2.63. The van der Waals surface area contributed by atoms with Crippen molar-refractivity contribution in [1.29, 1.82) is 0 Å². The third-order valence-corrected chi connectivity index (χ3v) is 3.82. The van der Waals surface area contributed by atoms with Crippen LogP contribution in [0.5, 0.6) is 0 Å². The average molecular weight is 297 g/mol. The number of rotatable bonds is 7. The molecule has 0 amide bonds. The van der Waals surface area contributed by atoms with Gasteiger partial charge in [0, 0.05) is 12.6 Å². The molecular weight excluding hydrogens is 274 g/mol. The molecule has 3 nitrogen and oxygen atoms in total. The van der Waals surface area contributed by atoms with E-state index in [4.69, 9.17) is 5.11 Å². The molecule has 116 valence electrons. The third kappa shape index (κ3) is 5.01. The predicted molar refractivity (Wildman–Crippen MR) is 88.9 cm³/mol. The van der Waals surface area contributed by atoms with Gasteiger partial charge in [-0.05, 0) is 37.0 Å². The maximum absolute atomic E-state index is 11.1. The largest absolute Gasteiger partial charge is 0.481 e. The van der Waals surface area contributed by atoms with Crippen molar-refractivity contribution in [3.63, 3.8) is 0 Å². The molecule has 0 radical (unpaired) electrons. The van der Waals surface area contributed by atoms with Crippen molar-refractivity contribution in [1.82, 2.24) is 5.32 Å². The van der Waals surface area contributed by atoms with E-state index in [9.17, 15) is 4.79 Å². The zero-order chi connectivity index (χ0) is 15.9. The Morgan fingerprint density at radius 3 is 2.50 bits per heavy atom. The fraction of sp³-hybridized carbons (Fsp3) is 0.316.